The molecule has 2 bridgehead atoms. The maximum absolute atomic E-state index is 12.0. The molecule has 0 unspecified atom stereocenters. The number of amides is 1. The van der Waals surface area contributed by atoms with Crippen molar-refractivity contribution in [1.29, 1.82) is 0 Å². The Hall–Kier alpha value is -1.42. The van der Waals surface area contributed by atoms with Crippen molar-refractivity contribution >= 4 is 5.91 Å². The van der Waals surface area contributed by atoms with Crippen molar-refractivity contribution in [3.05, 3.63) is 29.6 Å². The number of nitrogens with one attached hydrogen (secondary N) is 1. The summed E-state index contributed by atoms with van der Waals surface area (Å²) in [5.41, 5.74) is 2.38. The van der Waals surface area contributed by atoms with Crippen molar-refractivity contribution < 1.29 is 4.79 Å². The van der Waals surface area contributed by atoms with E-state index in [0.29, 0.717) is 6.04 Å². The van der Waals surface area contributed by atoms with Crippen molar-refractivity contribution in [3.63, 3.8) is 0 Å². The molecule has 0 aliphatic carbocycles. The molecule has 0 saturated carbocycles. The number of aromatic nitrogens is 1. The van der Waals surface area contributed by atoms with Gasteiger partial charge in [0.1, 0.15) is 0 Å². The van der Waals surface area contributed by atoms with Crippen LogP contribution >= 0.6 is 0 Å². The van der Waals surface area contributed by atoms with E-state index in [0.717, 1.165) is 44.6 Å². The van der Waals surface area contributed by atoms with E-state index in [1.165, 1.54) is 12.0 Å². The molecule has 2 aliphatic heterocycles. The fourth-order valence-corrected chi connectivity index (χ4v) is 3.26. The Morgan fingerprint density at radius 1 is 1.35 bits per heavy atom. The second kappa shape index (κ2) is 5.92. The smallest absolute Gasteiger partial charge is 0.224 e. The third-order valence-corrected chi connectivity index (χ3v) is 4.46. The molecule has 3 rings (SSSR count). The van der Waals surface area contributed by atoms with Gasteiger partial charge in [0, 0.05) is 31.9 Å². The van der Waals surface area contributed by atoms with Gasteiger partial charge in [0.15, 0.2) is 0 Å². The Labute approximate surface area is 120 Å². The number of carbonyl (C=O) groups excluding carboxylic acids is 1. The molecule has 2 saturated heterocycles. The maximum Gasteiger partial charge on any atom is 0.224 e. The normalized spacial score (nSPS) is 26.9. The van der Waals surface area contributed by atoms with Gasteiger partial charge in [-0.3, -0.25) is 14.7 Å². The summed E-state index contributed by atoms with van der Waals surface area (Å²) in [6.07, 6.45) is 6.31. The molecule has 4 heteroatoms. The molecule has 0 aromatic carbocycles. The fourth-order valence-electron chi connectivity index (χ4n) is 3.26. The second-order valence-electron chi connectivity index (χ2n) is 6.04. The molecule has 1 amide bonds. The Morgan fingerprint density at radius 2 is 2.25 bits per heavy atom. The van der Waals surface area contributed by atoms with E-state index in [2.05, 4.69) is 34.3 Å². The number of pyridine rings is 1. The first-order chi connectivity index (χ1) is 9.74. The van der Waals surface area contributed by atoms with Crippen molar-refractivity contribution in [3.8, 4) is 0 Å². The Kier molecular flexibility index (Phi) is 4.01. The van der Waals surface area contributed by atoms with Crippen molar-refractivity contribution in [2.24, 2.45) is 5.92 Å². The first-order valence-corrected chi connectivity index (χ1v) is 7.71. The van der Waals surface area contributed by atoms with Gasteiger partial charge in [-0.05, 0) is 30.9 Å². The van der Waals surface area contributed by atoms with Crippen LogP contribution < -0.4 is 5.32 Å². The summed E-state index contributed by atoms with van der Waals surface area (Å²) in [4.78, 5) is 19.0. The Morgan fingerprint density at radius 3 is 3.00 bits per heavy atom. The largest absolute Gasteiger partial charge is 0.352 e. The van der Waals surface area contributed by atoms with Gasteiger partial charge < -0.3 is 5.32 Å². The van der Waals surface area contributed by atoms with E-state index >= 15 is 0 Å². The molecule has 2 fully saturated rings. The van der Waals surface area contributed by atoms with Crippen LogP contribution in [-0.2, 0) is 17.8 Å². The summed E-state index contributed by atoms with van der Waals surface area (Å²) in [6, 6.07) is 4.60. The first-order valence-electron chi connectivity index (χ1n) is 7.71. The average Bonchev–Trinajstić information content (AvgIpc) is 2.68. The van der Waals surface area contributed by atoms with Crippen LogP contribution in [-0.4, -0.2) is 34.9 Å². The van der Waals surface area contributed by atoms with Crippen LogP contribution in [0.4, 0.5) is 0 Å². The lowest BCUT2D eigenvalue weighted by Gasteiger charge is -2.27. The highest BCUT2D eigenvalue weighted by molar-refractivity contribution is 5.79. The number of aryl methyl sites for hydroxylation is 1. The van der Waals surface area contributed by atoms with Crippen molar-refractivity contribution in [2.45, 2.75) is 45.2 Å². The topological polar surface area (TPSA) is 45.2 Å². The summed E-state index contributed by atoms with van der Waals surface area (Å²) >= 11 is 0. The third kappa shape index (κ3) is 3.01. The molecule has 4 nitrogen and oxygen atoms in total. The van der Waals surface area contributed by atoms with Gasteiger partial charge in [-0.15, -0.1) is 0 Å². The number of rotatable bonds is 3. The molecule has 108 valence electrons. The van der Waals surface area contributed by atoms with E-state index in [1.54, 1.807) is 0 Å². The minimum atomic E-state index is 0.164. The minimum Gasteiger partial charge on any atom is -0.352 e. The Bertz CT molecular complexity index is 471. The van der Waals surface area contributed by atoms with Crippen LogP contribution in [0.5, 0.6) is 0 Å². The standard InChI is InChI=1S/C16H23N3O/c1-2-12-6-7-14(17-8-12)10-19-9-13-4-3-5-15(11-19)18-16(13)20/h6-8,13,15H,2-5,9-11H2,1H3,(H,18,20)/t13-,15+/m1/s1. The fraction of sp³-hybridized carbons (Fsp3) is 0.625. The lowest BCUT2D eigenvalue weighted by molar-refractivity contribution is -0.124. The molecule has 1 N–H and O–H groups in total. The van der Waals surface area contributed by atoms with E-state index in [1.807, 2.05) is 6.20 Å². The summed E-state index contributed by atoms with van der Waals surface area (Å²) in [5.74, 6) is 0.418. The molecule has 2 atom stereocenters. The highest BCUT2D eigenvalue weighted by atomic mass is 16.2. The quantitative estimate of drug-likeness (QED) is 0.912. The zero-order chi connectivity index (χ0) is 13.9. The number of fused-ring (bicyclic) bond motifs is 3. The Balaban J connectivity index is 1.69. The van der Waals surface area contributed by atoms with Crippen LogP contribution in [0, 0.1) is 5.92 Å². The number of nitrogens with zero attached hydrogens (tertiary/aromatic N) is 2. The van der Waals surface area contributed by atoms with Gasteiger partial charge in [0.05, 0.1) is 11.6 Å². The predicted octanol–water partition coefficient (Wildman–Crippen LogP) is 1.74. The molecule has 20 heavy (non-hydrogen) atoms. The molecular formula is C16H23N3O. The monoisotopic (exact) mass is 273 g/mol. The highest BCUT2D eigenvalue weighted by Crippen LogP contribution is 2.22. The summed E-state index contributed by atoms with van der Waals surface area (Å²) < 4.78 is 0. The molecule has 3 heterocycles. The SMILES string of the molecule is CCc1ccc(CN2C[C@@H]3CCC[C@H](C2)C(=O)N3)nc1. The predicted molar refractivity (Wildman–Crippen MR) is 78.2 cm³/mol. The van der Waals surface area contributed by atoms with Gasteiger partial charge in [0.2, 0.25) is 5.91 Å². The molecule has 1 aromatic heterocycles. The van der Waals surface area contributed by atoms with Crippen LogP contribution in [0.2, 0.25) is 0 Å². The van der Waals surface area contributed by atoms with Crippen LogP contribution in [0.3, 0.4) is 0 Å². The molecular weight excluding hydrogens is 250 g/mol. The summed E-state index contributed by atoms with van der Waals surface area (Å²) in [5, 5.41) is 3.17. The van der Waals surface area contributed by atoms with Gasteiger partial charge in [0.25, 0.3) is 0 Å². The van der Waals surface area contributed by atoms with Gasteiger partial charge in [-0.25, -0.2) is 0 Å². The average molecular weight is 273 g/mol. The van der Waals surface area contributed by atoms with E-state index < -0.39 is 0 Å². The van der Waals surface area contributed by atoms with Gasteiger partial charge in [-0.1, -0.05) is 19.4 Å². The minimum absolute atomic E-state index is 0.164. The van der Waals surface area contributed by atoms with Gasteiger partial charge >= 0.3 is 0 Å². The lowest BCUT2D eigenvalue weighted by atomic mass is 9.99. The lowest BCUT2D eigenvalue weighted by Crippen LogP contribution is -2.38. The number of hydrogen-bond acceptors (Lipinski definition) is 3. The first kappa shape index (κ1) is 13.6. The van der Waals surface area contributed by atoms with Crippen LogP contribution in [0.25, 0.3) is 0 Å². The summed E-state index contributed by atoms with van der Waals surface area (Å²) in [7, 11) is 0. The van der Waals surface area contributed by atoms with E-state index in [9.17, 15) is 4.79 Å². The maximum atomic E-state index is 12.0. The van der Waals surface area contributed by atoms with E-state index in [-0.39, 0.29) is 11.8 Å². The van der Waals surface area contributed by atoms with Crippen molar-refractivity contribution in [1.82, 2.24) is 15.2 Å². The highest BCUT2D eigenvalue weighted by Gasteiger charge is 2.32. The van der Waals surface area contributed by atoms with Gasteiger partial charge in [-0.2, -0.15) is 0 Å². The third-order valence-electron chi connectivity index (χ3n) is 4.46. The van der Waals surface area contributed by atoms with Crippen molar-refractivity contribution in [2.75, 3.05) is 13.1 Å². The number of likely N-dealkylation sites (tertiary alicyclic amines) is 1. The van der Waals surface area contributed by atoms with E-state index in [4.69, 9.17) is 0 Å². The second-order valence-corrected chi connectivity index (χ2v) is 6.04. The van der Waals surface area contributed by atoms with Crippen LogP contribution in [0.1, 0.15) is 37.4 Å². The zero-order valence-electron chi connectivity index (χ0n) is 12.1. The molecule has 0 spiro atoms. The molecule has 0 radical (unpaired) electrons. The number of carbonyl (C=O) groups is 1. The molecule has 2 aliphatic rings. The number of hydrogen-bond donors (Lipinski definition) is 1. The van der Waals surface area contributed by atoms with Crippen LogP contribution in [0.15, 0.2) is 18.3 Å². The summed E-state index contributed by atoms with van der Waals surface area (Å²) in [6.45, 7) is 4.83. The zero-order valence-corrected chi connectivity index (χ0v) is 12.1. The molecule has 1 aromatic rings.